The summed E-state index contributed by atoms with van der Waals surface area (Å²) >= 11 is 0. The lowest BCUT2D eigenvalue weighted by molar-refractivity contribution is -0.384. The van der Waals surface area contributed by atoms with Crippen LogP contribution in [0.3, 0.4) is 0 Å². The van der Waals surface area contributed by atoms with Crippen molar-refractivity contribution in [2.75, 3.05) is 14.2 Å². The fraction of sp³-hybridized carbons (Fsp3) is 0.154. The lowest BCUT2D eigenvalue weighted by Crippen LogP contribution is -2.17. The maximum Gasteiger partial charge on any atom is 0.278 e. The quantitative estimate of drug-likeness (QED) is 0.658. The summed E-state index contributed by atoms with van der Waals surface area (Å²) < 4.78 is 5.07. The van der Waals surface area contributed by atoms with Crippen LogP contribution in [0.5, 0.6) is 5.75 Å². The SMILES string of the molecule is CNC(=O)c1ccc(-c2cc(OC)ccc2[N+](=O)[O-])[nH]1. The average Bonchev–Trinajstić information content (AvgIpc) is 2.95. The number of aromatic amines is 1. The highest BCUT2D eigenvalue weighted by Crippen LogP contribution is 2.32. The molecule has 7 nitrogen and oxygen atoms in total. The van der Waals surface area contributed by atoms with Crippen LogP contribution < -0.4 is 10.1 Å². The van der Waals surface area contributed by atoms with Crippen molar-refractivity contribution in [2.45, 2.75) is 0 Å². The molecule has 0 saturated carbocycles. The van der Waals surface area contributed by atoms with Gasteiger partial charge in [0, 0.05) is 13.1 Å². The van der Waals surface area contributed by atoms with Crippen LogP contribution >= 0.6 is 0 Å². The highest BCUT2D eigenvalue weighted by Gasteiger charge is 2.18. The maximum atomic E-state index is 11.5. The zero-order valence-corrected chi connectivity index (χ0v) is 11.0. The number of nitro groups is 1. The number of nitrogens with one attached hydrogen (secondary N) is 2. The van der Waals surface area contributed by atoms with Gasteiger partial charge < -0.3 is 15.0 Å². The summed E-state index contributed by atoms with van der Waals surface area (Å²) in [6.45, 7) is 0. The smallest absolute Gasteiger partial charge is 0.278 e. The Balaban J connectivity index is 2.52. The highest BCUT2D eigenvalue weighted by atomic mass is 16.6. The third kappa shape index (κ3) is 2.46. The molecule has 0 bridgehead atoms. The summed E-state index contributed by atoms with van der Waals surface area (Å²) in [5, 5.41) is 13.5. The monoisotopic (exact) mass is 275 g/mol. The van der Waals surface area contributed by atoms with E-state index in [0.29, 0.717) is 22.7 Å². The minimum absolute atomic E-state index is 0.0592. The number of benzene rings is 1. The fourth-order valence-corrected chi connectivity index (χ4v) is 1.84. The van der Waals surface area contributed by atoms with Crippen LogP contribution in [0, 0.1) is 10.1 Å². The predicted molar refractivity (Wildman–Crippen MR) is 72.8 cm³/mol. The molecule has 104 valence electrons. The van der Waals surface area contributed by atoms with Gasteiger partial charge in [0.05, 0.1) is 23.3 Å². The molecule has 2 aromatic rings. The molecule has 2 rings (SSSR count). The zero-order valence-electron chi connectivity index (χ0n) is 11.0. The van der Waals surface area contributed by atoms with Crippen molar-refractivity contribution in [1.82, 2.24) is 10.3 Å². The van der Waals surface area contributed by atoms with Gasteiger partial charge in [0.25, 0.3) is 11.6 Å². The molecule has 0 aliphatic rings. The number of ether oxygens (including phenoxy) is 1. The molecule has 0 unspecified atom stereocenters. The van der Waals surface area contributed by atoms with E-state index in [1.54, 1.807) is 18.2 Å². The molecular formula is C13H13N3O4. The molecule has 0 radical (unpaired) electrons. The Morgan fingerprint density at radius 2 is 2.10 bits per heavy atom. The van der Waals surface area contributed by atoms with E-state index in [0.717, 1.165) is 0 Å². The van der Waals surface area contributed by atoms with Gasteiger partial charge in [0.15, 0.2) is 0 Å². The van der Waals surface area contributed by atoms with Gasteiger partial charge in [-0.25, -0.2) is 0 Å². The predicted octanol–water partition coefficient (Wildman–Crippen LogP) is 1.96. The van der Waals surface area contributed by atoms with Crippen molar-refractivity contribution in [1.29, 1.82) is 0 Å². The largest absolute Gasteiger partial charge is 0.497 e. The van der Waals surface area contributed by atoms with Gasteiger partial charge in [-0.3, -0.25) is 14.9 Å². The lowest BCUT2D eigenvalue weighted by Gasteiger charge is -2.04. The van der Waals surface area contributed by atoms with Gasteiger partial charge in [-0.1, -0.05) is 0 Å². The molecule has 0 aliphatic carbocycles. The van der Waals surface area contributed by atoms with Crippen LogP contribution in [0.25, 0.3) is 11.3 Å². The Labute approximate surface area is 114 Å². The second-order valence-electron chi connectivity index (χ2n) is 4.00. The van der Waals surface area contributed by atoms with Gasteiger partial charge in [0.2, 0.25) is 0 Å². The fourth-order valence-electron chi connectivity index (χ4n) is 1.84. The molecule has 0 fully saturated rings. The molecule has 0 atom stereocenters. The molecule has 1 heterocycles. The van der Waals surface area contributed by atoms with Gasteiger partial charge in [0.1, 0.15) is 11.4 Å². The summed E-state index contributed by atoms with van der Waals surface area (Å²) in [5.41, 5.74) is 1.12. The van der Waals surface area contributed by atoms with Crippen molar-refractivity contribution in [3.63, 3.8) is 0 Å². The van der Waals surface area contributed by atoms with Crippen molar-refractivity contribution in [3.8, 4) is 17.0 Å². The first-order valence-corrected chi connectivity index (χ1v) is 5.80. The van der Waals surface area contributed by atoms with Crippen LogP contribution in [0.2, 0.25) is 0 Å². The van der Waals surface area contributed by atoms with E-state index in [9.17, 15) is 14.9 Å². The summed E-state index contributed by atoms with van der Waals surface area (Å²) in [4.78, 5) is 24.9. The number of nitrogens with zero attached hydrogens (tertiary/aromatic N) is 1. The molecular weight excluding hydrogens is 262 g/mol. The first-order chi connectivity index (χ1) is 9.56. The molecule has 20 heavy (non-hydrogen) atoms. The maximum absolute atomic E-state index is 11.5. The number of methoxy groups -OCH3 is 1. The summed E-state index contributed by atoms with van der Waals surface area (Å²) in [5.74, 6) is 0.212. The molecule has 7 heteroatoms. The van der Waals surface area contributed by atoms with Crippen LogP contribution in [0.4, 0.5) is 5.69 Å². The summed E-state index contributed by atoms with van der Waals surface area (Å²) in [6.07, 6.45) is 0. The normalized spacial score (nSPS) is 10.1. The Morgan fingerprint density at radius 1 is 1.35 bits per heavy atom. The van der Waals surface area contributed by atoms with Crippen molar-refractivity contribution >= 4 is 11.6 Å². The molecule has 1 aromatic carbocycles. The molecule has 0 spiro atoms. The van der Waals surface area contributed by atoms with Crippen LogP contribution in [-0.2, 0) is 0 Å². The third-order valence-corrected chi connectivity index (χ3v) is 2.85. The van der Waals surface area contributed by atoms with E-state index in [-0.39, 0.29) is 11.6 Å². The van der Waals surface area contributed by atoms with Crippen LogP contribution in [0.1, 0.15) is 10.5 Å². The van der Waals surface area contributed by atoms with E-state index >= 15 is 0 Å². The van der Waals surface area contributed by atoms with Crippen molar-refractivity contribution in [2.24, 2.45) is 0 Å². The second kappa shape index (κ2) is 5.43. The number of hydrogen-bond acceptors (Lipinski definition) is 4. The number of nitro benzene ring substituents is 1. The molecule has 1 amide bonds. The number of H-pyrrole nitrogens is 1. The van der Waals surface area contributed by atoms with E-state index < -0.39 is 4.92 Å². The van der Waals surface area contributed by atoms with E-state index in [1.807, 2.05) is 0 Å². The number of amides is 1. The number of hydrogen-bond donors (Lipinski definition) is 2. The number of carbonyl (C=O) groups is 1. The Kier molecular flexibility index (Phi) is 3.69. The second-order valence-corrected chi connectivity index (χ2v) is 4.00. The molecule has 0 aliphatic heterocycles. The standard InChI is InChI=1S/C13H13N3O4/c1-14-13(17)11-5-4-10(15-11)9-7-8(20-2)3-6-12(9)16(18)19/h3-7,15H,1-2H3,(H,14,17). The van der Waals surface area contributed by atoms with Crippen LogP contribution in [0.15, 0.2) is 30.3 Å². The lowest BCUT2D eigenvalue weighted by atomic mass is 10.1. The Morgan fingerprint density at radius 3 is 2.70 bits per heavy atom. The summed E-state index contributed by atoms with van der Waals surface area (Å²) in [7, 11) is 2.99. The number of aromatic nitrogens is 1. The van der Waals surface area contributed by atoms with Gasteiger partial charge in [-0.2, -0.15) is 0 Å². The van der Waals surface area contributed by atoms with E-state index in [1.165, 1.54) is 26.3 Å². The minimum Gasteiger partial charge on any atom is -0.497 e. The molecule has 2 N–H and O–H groups in total. The van der Waals surface area contributed by atoms with E-state index in [4.69, 9.17) is 4.74 Å². The minimum atomic E-state index is -0.477. The highest BCUT2D eigenvalue weighted by molar-refractivity contribution is 5.93. The first kappa shape index (κ1) is 13.6. The third-order valence-electron chi connectivity index (χ3n) is 2.85. The Hall–Kier alpha value is -2.83. The van der Waals surface area contributed by atoms with Gasteiger partial charge in [-0.05, 0) is 24.3 Å². The topological polar surface area (TPSA) is 97.3 Å². The zero-order chi connectivity index (χ0) is 14.7. The first-order valence-electron chi connectivity index (χ1n) is 5.80. The van der Waals surface area contributed by atoms with Crippen molar-refractivity contribution < 1.29 is 14.5 Å². The number of carbonyl (C=O) groups excluding carboxylic acids is 1. The van der Waals surface area contributed by atoms with Gasteiger partial charge in [-0.15, -0.1) is 0 Å². The average molecular weight is 275 g/mol. The Bertz CT molecular complexity index is 663. The summed E-state index contributed by atoms with van der Waals surface area (Å²) in [6, 6.07) is 7.63. The van der Waals surface area contributed by atoms with Gasteiger partial charge >= 0.3 is 0 Å². The van der Waals surface area contributed by atoms with E-state index in [2.05, 4.69) is 10.3 Å². The van der Waals surface area contributed by atoms with Crippen molar-refractivity contribution in [3.05, 3.63) is 46.1 Å². The number of rotatable bonds is 4. The van der Waals surface area contributed by atoms with Crippen LogP contribution in [-0.4, -0.2) is 30.0 Å². The molecule has 1 aromatic heterocycles. The molecule has 0 saturated heterocycles.